The van der Waals surface area contributed by atoms with Gasteiger partial charge in [0.15, 0.2) is 0 Å². The summed E-state index contributed by atoms with van der Waals surface area (Å²) in [7, 11) is 0. The summed E-state index contributed by atoms with van der Waals surface area (Å²) in [6.07, 6.45) is 1.49. The van der Waals surface area contributed by atoms with Crippen LogP contribution in [0.2, 0.25) is 5.02 Å². The fraction of sp³-hybridized carbons (Fsp3) is 0.0588. The van der Waals surface area contributed by atoms with Crippen molar-refractivity contribution in [2.45, 2.75) is 6.54 Å². The fourth-order valence-corrected chi connectivity index (χ4v) is 2.37. The molecule has 0 radical (unpaired) electrons. The van der Waals surface area contributed by atoms with Crippen LogP contribution in [0.3, 0.4) is 0 Å². The van der Waals surface area contributed by atoms with Crippen molar-refractivity contribution in [3.05, 3.63) is 76.9 Å². The predicted octanol–water partition coefficient (Wildman–Crippen LogP) is 2.62. The highest BCUT2D eigenvalue weighted by atomic mass is 35.5. The van der Waals surface area contributed by atoms with E-state index in [0.29, 0.717) is 22.8 Å². The molecule has 0 aliphatic carbocycles. The van der Waals surface area contributed by atoms with Crippen LogP contribution in [0, 0.1) is 0 Å². The average molecular weight is 312 g/mol. The number of carboxylic acids is 1. The molecular weight excluding hydrogens is 300 g/mol. The number of rotatable bonds is 4. The van der Waals surface area contributed by atoms with Crippen LogP contribution in [0.1, 0.15) is 15.9 Å². The van der Waals surface area contributed by atoms with Crippen molar-refractivity contribution in [3.8, 4) is 11.3 Å². The molecule has 1 aromatic heterocycles. The minimum absolute atomic E-state index is 0.0678. The third-order valence-electron chi connectivity index (χ3n) is 3.29. The summed E-state index contributed by atoms with van der Waals surface area (Å²) in [6, 6.07) is 16.6. The van der Waals surface area contributed by atoms with E-state index in [0.717, 1.165) is 5.56 Å². The van der Waals surface area contributed by atoms with Crippen LogP contribution in [-0.2, 0) is 6.54 Å². The number of aromatic carboxylic acids is 1. The monoisotopic (exact) mass is 311 g/mol. The summed E-state index contributed by atoms with van der Waals surface area (Å²) in [5, 5.41) is 16.3. The molecule has 0 fully saturated rings. The Morgan fingerprint density at radius 2 is 1.77 bits per heavy atom. The smallest absolute Gasteiger partial charge is 0.101 e. The van der Waals surface area contributed by atoms with E-state index >= 15 is 0 Å². The van der Waals surface area contributed by atoms with Crippen LogP contribution < -0.4 is 5.11 Å². The fourth-order valence-electron chi connectivity index (χ4n) is 2.24. The lowest BCUT2D eigenvalue weighted by molar-refractivity contribution is -0.254. The number of aromatic nitrogens is 2. The summed E-state index contributed by atoms with van der Waals surface area (Å²) >= 11 is 5.86. The summed E-state index contributed by atoms with van der Waals surface area (Å²) in [5.41, 5.74) is 2.18. The van der Waals surface area contributed by atoms with Crippen molar-refractivity contribution in [3.63, 3.8) is 0 Å². The number of nitrogens with zero attached hydrogens (tertiary/aromatic N) is 2. The molecule has 0 saturated carbocycles. The van der Waals surface area contributed by atoms with Crippen LogP contribution in [0.25, 0.3) is 11.3 Å². The number of hydrogen-bond acceptors (Lipinski definition) is 3. The van der Waals surface area contributed by atoms with Gasteiger partial charge in [-0.05, 0) is 17.7 Å². The molecule has 0 saturated heterocycles. The van der Waals surface area contributed by atoms with Crippen molar-refractivity contribution in [1.82, 2.24) is 9.78 Å². The van der Waals surface area contributed by atoms with Crippen molar-refractivity contribution < 1.29 is 9.90 Å². The lowest BCUT2D eigenvalue weighted by atomic mass is 10.1. The number of hydrogen-bond donors (Lipinski definition) is 0. The Labute approximate surface area is 132 Å². The number of benzene rings is 2. The first-order chi connectivity index (χ1) is 10.6. The van der Waals surface area contributed by atoms with Gasteiger partial charge in [-0.1, -0.05) is 54.1 Å². The zero-order valence-electron chi connectivity index (χ0n) is 11.6. The molecule has 110 valence electrons. The van der Waals surface area contributed by atoms with Crippen molar-refractivity contribution in [2.75, 3.05) is 0 Å². The van der Waals surface area contributed by atoms with Crippen LogP contribution in [0.5, 0.6) is 0 Å². The van der Waals surface area contributed by atoms with E-state index in [1.165, 1.54) is 6.20 Å². The number of carbonyl (C=O) groups excluding carboxylic acids is 1. The highest BCUT2D eigenvalue weighted by molar-refractivity contribution is 6.30. The Kier molecular flexibility index (Phi) is 3.94. The molecule has 22 heavy (non-hydrogen) atoms. The second kappa shape index (κ2) is 6.03. The minimum Gasteiger partial charge on any atom is -0.545 e. The topological polar surface area (TPSA) is 57.9 Å². The summed E-state index contributed by atoms with van der Waals surface area (Å²) < 4.78 is 1.60. The van der Waals surface area contributed by atoms with Gasteiger partial charge in [-0.3, -0.25) is 4.68 Å². The largest absolute Gasteiger partial charge is 0.545 e. The zero-order valence-corrected chi connectivity index (χ0v) is 12.3. The Morgan fingerprint density at radius 3 is 2.41 bits per heavy atom. The van der Waals surface area contributed by atoms with Crippen LogP contribution in [-0.4, -0.2) is 15.7 Å². The standard InChI is InChI=1S/C17H13ClN2O2/c18-14-8-6-13(7-9-14)16-15(17(21)22)11-20(19-16)10-12-4-2-1-3-5-12/h1-9,11H,10H2,(H,21,22)/p-1. The molecule has 0 amide bonds. The Bertz CT molecular complexity index is 795. The number of carboxylic acid groups (broad SMARTS) is 1. The van der Waals surface area contributed by atoms with Gasteiger partial charge in [0.25, 0.3) is 0 Å². The van der Waals surface area contributed by atoms with Gasteiger partial charge in [-0.25, -0.2) is 0 Å². The van der Waals surface area contributed by atoms with Gasteiger partial charge in [-0.2, -0.15) is 5.10 Å². The zero-order chi connectivity index (χ0) is 15.5. The molecule has 0 spiro atoms. The predicted molar refractivity (Wildman–Crippen MR) is 82.5 cm³/mol. The van der Waals surface area contributed by atoms with Crippen LogP contribution >= 0.6 is 11.6 Å². The van der Waals surface area contributed by atoms with Crippen LogP contribution in [0.4, 0.5) is 0 Å². The molecule has 4 nitrogen and oxygen atoms in total. The van der Waals surface area contributed by atoms with E-state index in [1.54, 1.807) is 28.9 Å². The Morgan fingerprint density at radius 1 is 1.09 bits per heavy atom. The van der Waals surface area contributed by atoms with E-state index in [4.69, 9.17) is 11.6 Å². The molecule has 3 rings (SSSR count). The average Bonchev–Trinajstić information content (AvgIpc) is 2.93. The molecule has 3 aromatic rings. The van der Waals surface area contributed by atoms with E-state index < -0.39 is 5.97 Å². The first-order valence-electron chi connectivity index (χ1n) is 6.72. The maximum atomic E-state index is 11.3. The van der Waals surface area contributed by atoms with Crippen molar-refractivity contribution in [2.24, 2.45) is 0 Å². The van der Waals surface area contributed by atoms with Crippen molar-refractivity contribution in [1.29, 1.82) is 0 Å². The minimum atomic E-state index is -1.25. The normalized spacial score (nSPS) is 10.6. The highest BCUT2D eigenvalue weighted by Crippen LogP contribution is 2.23. The summed E-state index contributed by atoms with van der Waals surface area (Å²) in [6.45, 7) is 0.495. The molecule has 2 aromatic carbocycles. The van der Waals surface area contributed by atoms with Gasteiger partial charge >= 0.3 is 0 Å². The maximum Gasteiger partial charge on any atom is 0.101 e. The Hall–Kier alpha value is -2.59. The van der Waals surface area contributed by atoms with Gasteiger partial charge in [0.1, 0.15) is 5.69 Å². The quantitative estimate of drug-likeness (QED) is 0.744. The van der Waals surface area contributed by atoms with E-state index in [2.05, 4.69) is 5.10 Å². The number of halogens is 1. The molecule has 0 atom stereocenters. The molecular formula is C17H12ClN2O2-. The first kappa shape index (κ1) is 14.4. The van der Waals surface area contributed by atoms with Crippen molar-refractivity contribution >= 4 is 17.6 Å². The third kappa shape index (κ3) is 3.02. The van der Waals surface area contributed by atoms with E-state index in [-0.39, 0.29) is 5.56 Å². The van der Waals surface area contributed by atoms with Gasteiger partial charge in [0, 0.05) is 22.3 Å². The Balaban J connectivity index is 1.99. The van der Waals surface area contributed by atoms with Gasteiger partial charge < -0.3 is 9.90 Å². The molecule has 0 aliphatic heterocycles. The van der Waals surface area contributed by atoms with Crippen LogP contribution in [0.15, 0.2) is 60.8 Å². The second-order valence-corrected chi connectivity index (χ2v) is 5.31. The maximum absolute atomic E-state index is 11.3. The second-order valence-electron chi connectivity index (χ2n) is 4.87. The lowest BCUT2D eigenvalue weighted by Crippen LogP contribution is -2.22. The van der Waals surface area contributed by atoms with Gasteiger partial charge in [0.2, 0.25) is 0 Å². The summed E-state index contributed by atoms with van der Waals surface area (Å²) in [4.78, 5) is 11.3. The third-order valence-corrected chi connectivity index (χ3v) is 3.54. The molecule has 1 heterocycles. The first-order valence-corrected chi connectivity index (χ1v) is 7.10. The van der Waals surface area contributed by atoms with Gasteiger partial charge in [-0.15, -0.1) is 0 Å². The summed E-state index contributed by atoms with van der Waals surface area (Å²) in [5.74, 6) is -1.25. The lowest BCUT2D eigenvalue weighted by Gasteiger charge is -2.02. The highest BCUT2D eigenvalue weighted by Gasteiger charge is 2.12. The SMILES string of the molecule is O=C([O-])c1cn(Cc2ccccc2)nc1-c1ccc(Cl)cc1. The molecule has 0 aliphatic rings. The van der Waals surface area contributed by atoms with E-state index in [9.17, 15) is 9.90 Å². The molecule has 0 unspecified atom stereocenters. The number of carbonyl (C=O) groups is 1. The molecule has 0 N–H and O–H groups in total. The molecule has 0 bridgehead atoms. The molecule has 5 heteroatoms. The van der Waals surface area contributed by atoms with Gasteiger partial charge in [0.05, 0.1) is 12.5 Å². The van der Waals surface area contributed by atoms with E-state index in [1.807, 2.05) is 30.3 Å².